The minimum Gasteiger partial charge on any atom is -0.455 e. The smallest absolute Gasteiger partial charge is 0.310 e. The molecular weight excluding hydrogens is 340 g/mol. The van der Waals surface area contributed by atoms with E-state index in [1.54, 1.807) is 6.92 Å². The van der Waals surface area contributed by atoms with E-state index in [1.165, 1.54) is 6.07 Å². The lowest BCUT2D eigenvalue weighted by Gasteiger charge is -2.15. The van der Waals surface area contributed by atoms with E-state index in [1.807, 2.05) is 32.0 Å². The van der Waals surface area contributed by atoms with Crippen molar-refractivity contribution >= 4 is 11.9 Å². The first-order valence-electron chi connectivity index (χ1n) is 8.22. The average Bonchev–Trinajstić information content (AvgIpc) is 2.56. The predicted molar refractivity (Wildman–Crippen MR) is 93.5 cm³/mol. The zero-order valence-corrected chi connectivity index (χ0v) is 14.9. The van der Waals surface area contributed by atoms with Crippen LogP contribution in [0.4, 0.5) is 8.78 Å². The summed E-state index contributed by atoms with van der Waals surface area (Å²) in [5.74, 6) is -2.52. The number of esters is 1. The number of hydrogen-bond acceptors (Lipinski definition) is 3. The van der Waals surface area contributed by atoms with Gasteiger partial charge < -0.3 is 10.1 Å². The number of hydrogen-bond donors (Lipinski definition) is 1. The van der Waals surface area contributed by atoms with Crippen LogP contribution in [0.25, 0.3) is 0 Å². The van der Waals surface area contributed by atoms with Crippen LogP contribution in [-0.4, -0.2) is 18.5 Å². The highest BCUT2D eigenvalue weighted by Gasteiger charge is 2.15. The van der Waals surface area contributed by atoms with Crippen LogP contribution < -0.4 is 5.32 Å². The number of amides is 1. The van der Waals surface area contributed by atoms with Crippen molar-refractivity contribution in [2.75, 3.05) is 6.61 Å². The predicted octanol–water partition coefficient (Wildman–Crippen LogP) is 3.54. The monoisotopic (exact) mass is 361 g/mol. The molecular formula is C20H21F2NO3. The highest BCUT2D eigenvalue weighted by atomic mass is 19.1. The Bertz CT molecular complexity index is 821. The molecule has 1 N–H and O–H groups in total. The van der Waals surface area contributed by atoms with Crippen LogP contribution in [0.15, 0.2) is 36.4 Å². The molecule has 138 valence electrons. The van der Waals surface area contributed by atoms with Gasteiger partial charge in [-0.1, -0.05) is 24.3 Å². The number of ether oxygens (including phenoxy) is 1. The van der Waals surface area contributed by atoms with Crippen LogP contribution in [0, 0.1) is 25.5 Å². The zero-order valence-electron chi connectivity index (χ0n) is 14.9. The molecule has 0 heterocycles. The van der Waals surface area contributed by atoms with Crippen molar-refractivity contribution in [1.82, 2.24) is 5.32 Å². The lowest BCUT2D eigenvalue weighted by molar-refractivity contribution is -0.148. The SMILES string of the molecule is Cc1ccc(CC(=O)OCC(=O)N[C@@H](C)c2ccc(F)cc2F)cc1C. The second-order valence-electron chi connectivity index (χ2n) is 6.21. The third-order valence-corrected chi connectivity index (χ3v) is 4.09. The van der Waals surface area contributed by atoms with Gasteiger partial charge in [0.25, 0.3) is 5.91 Å². The summed E-state index contributed by atoms with van der Waals surface area (Å²) in [6.07, 6.45) is 0.0660. The molecule has 1 amide bonds. The Morgan fingerprint density at radius 1 is 1.08 bits per heavy atom. The molecule has 2 aromatic carbocycles. The van der Waals surface area contributed by atoms with Gasteiger partial charge in [-0.15, -0.1) is 0 Å². The van der Waals surface area contributed by atoms with E-state index in [9.17, 15) is 18.4 Å². The molecule has 0 aliphatic carbocycles. The molecule has 0 fully saturated rings. The first-order chi connectivity index (χ1) is 12.3. The summed E-state index contributed by atoms with van der Waals surface area (Å²) in [6, 6.07) is 8.11. The molecule has 0 bridgehead atoms. The van der Waals surface area contributed by atoms with E-state index in [2.05, 4.69) is 5.32 Å². The van der Waals surface area contributed by atoms with Crippen molar-refractivity contribution in [2.24, 2.45) is 0 Å². The molecule has 2 rings (SSSR count). The minimum atomic E-state index is -0.746. The molecule has 0 radical (unpaired) electrons. The van der Waals surface area contributed by atoms with Crippen LogP contribution >= 0.6 is 0 Å². The molecule has 26 heavy (non-hydrogen) atoms. The zero-order chi connectivity index (χ0) is 19.3. The molecule has 0 saturated heterocycles. The van der Waals surface area contributed by atoms with Gasteiger partial charge in [-0.2, -0.15) is 0 Å². The molecule has 2 aromatic rings. The second kappa shape index (κ2) is 8.56. The Labute approximate surface area is 151 Å². The summed E-state index contributed by atoms with van der Waals surface area (Å²) in [4.78, 5) is 23.7. The molecule has 0 unspecified atom stereocenters. The largest absolute Gasteiger partial charge is 0.455 e. The fourth-order valence-electron chi connectivity index (χ4n) is 2.49. The van der Waals surface area contributed by atoms with E-state index < -0.39 is 36.2 Å². The molecule has 0 aliphatic heterocycles. The van der Waals surface area contributed by atoms with Crippen molar-refractivity contribution in [2.45, 2.75) is 33.2 Å². The average molecular weight is 361 g/mol. The summed E-state index contributed by atoms with van der Waals surface area (Å²) in [6.45, 7) is 5.03. The highest BCUT2D eigenvalue weighted by molar-refractivity contribution is 5.81. The van der Waals surface area contributed by atoms with Crippen LogP contribution in [0.3, 0.4) is 0 Å². The molecule has 0 spiro atoms. The van der Waals surface area contributed by atoms with Gasteiger partial charge in [0.15, 0.2) is 6.61 Å². The maximum Gasteiger partial charge on any atom is 0.310 e. The maximum atomic E-state index is 13.7. The van der Waals surface area contributed by atoms with Gasteiger partial charge in [-0.05, 0) is 43.5 Å². The fraction of sp³-hybridized carbons (Fsp3) is 0.300. The Kier molecular flexibility index (Phi) is 6.44. The molecule has 0 saturated carbocycles. The molecule has 4 nitrogen and oxygen atoms in total. The fourth-order valence-corrected chi connectivity index (χ4v) is 2.49. The van der Waals surface area contributed by atoms with Crippen LogP contribution in [-0.2, 0) is 20.7 Å². The number of halogens is 2. The summed E-state index contributed by atoms with van der Waals surface area (Å²) in [7, 11) is 0. The number of aryl methyl sites for hydroxylation is 2. The standard InChI is InChI=1S/C20H21F2NO3/c1-12-4-5-15(8-13(12)2)9-20(25)26-11-19(24)23-14(3)17-7-6-16(21)10-18(17)22/h4-8,10,14H,9,11H2,1-3H3,(H,23,24)/t14-/m0/s1. The van der Waals surface area contributed by atoms with Crippen molar-refractivity contribution in [3.05, 3.63) is 70.3 Å². The number of nitrogens with one attached hydrogen (secondary N) is 1. The van der Waals surface area contributed by atoms with Crippen molar-refractivity contribution in [3.8, 4) is 0 Å². The lowest BCUT2D eigenvalue weighted by atomic mass is 10.0. The highest BCUT2D eigenvalue weighted by Crippen LogP contribution is 2.17. The lowest BCUT2D eigenvalue weighted by Crippen LogP contribution is -2.31. The van der Waals surface area contributed by atoms with Crippen LogP contribution in [0.2, 0.25) is 0 Å². The summed E-state index contributed by atoms with van der Waals surface area (Å²) >= 11 is 0. The van der Waals surface area contributed by atoms with Gasteiger partial charge in [-0.25, -0.2) is 8.78 Å². The summed E-state index contributed by atoms with van der Waals surface area (Å²) in [5.41, 5.74) is 3.16. The number of carbonyl (C=O) groups is 2. The van der Waals surface area contributed by atoms with Gasteiger partial charge in [0.05, 0.1) is 12.5 Å². The number of rotatable bonds is 6. The third kappa shape index (κ3) is 5.37. The Balaban J connectivity index is 1.83. The molecule has 0 aliphatic rings. The van der Waals surface area contributed by atoms with E-state index in [-0.39, 0.29) is 12.0 Å². The Hall–Kier alpha value is -2.76. The Morgan fingerprint density at radius 2 is 1.81 bits per heavy atom. The topological polar surface area (TPSA) is 55.4 Å². The van der Waals surface area contributed by atoms with Gasteiger partial charge in [-0.3, -0.25) is 9.59 Å². The van der Waals surface area contributed by atoms with Gasteiger partial charge in [0.2, 0.25) is 0 Å². The Morgan fingerprint density at radius 3 is 2.46 bits per heavy atom. The second-order valence-corrected chi connectivity index (χ2v) is 6.21. The summed E-state index contributed by atoms with van der Waals surface area (Å²) in [5, 5.41) is 2.51. The van der Waals surface area contributed by atoms with E-state index in [0.717, 1.165) is 28.8 Å². The third-order valence-electron chi connectivity index (χ3n) is 4.09. The van der Waals surface area contributed by atoms with Crippen molar-refractivity contribution < 1.29 is 23.1 Å². The van der Waals surface area contributed by atoms with Crippen molar-refractivity contribution in [3.63, 3.8) is 0 Å². The summed E-state index contributed by atoms with van der Waals surface area (Å²) < 4.78 is 31.6. The van der Waals surface area contributed by atoms with E-state index >= 15 is 0 Å². The van der Waals surface area contributed by atoms with Crippen LogP contribution in [0.1, 0.15) is 35.2 Å². The van der Waals surface area contributed by atoms with E-state index in [4.69, 9.17) is 4.74 Å². The normalized spacial score (nSPS) is 11.7. The molecule has 1 atom stereocenters. The minimum absolute atomic E-state index is 0.0660. The van der Waals surface area contributed by atoms with Gasteiger partial charge >= 0.3 is 5.97 Å². The quantitative estimate of drug-likeness (QED) is 0.801. The first kappa shape index (κ1) is 19.6. The first-order valence-corrected chi connectivity index (χ1v) is 8.22. The maximum absolute atomic E-state index is 13.7. The number of benzene rings is 2. The molecule has 6 heteroatoms. The van der Waals surface area contributed by atoms with Crippen molar-refractivity contribution in [1.29, 1.82) is 0 Å². The number of carbonyl (C=O) groups excluding carboxylic acids is 2. The molecule has 0 aromatic heterocycles. The van der Waals surface area contributed by atoms with E-state index in [0.29, 0.717) is 0 Å². The van der Waals surface area contributed by atoms with Gasteiger partial charge in [0.1, 0.15) is 11.6 Å². The van der Waals surface area contributed by atoms with Gasteiger partial charge in [0, 0.05) is 11.6 Å². The van der Waals surface area contributed by atoms with Crippen LogP contribution in [0.5, 0.6) is 0 Å².